The van der Waals surface area contributed by atoms with E-state index in [2.05, 4.69) is 25.5 Å². The van der Waals surface area contributed by atoms with Gasteiger partial charge in [-0.05, 0) is 38.0 Å². The monoisotopic (exact) mass is 357 g/mol. The Morgan fingerprint density at radius 3 is 2.90 bits per heavy atom. The number of benzene rings is 1. The third-order valence-corrected chi connectivity index (χ3v) is 3.84. The number of primary amides is 1. The average molecular weight is 359 g/mol. The van der Waals surface area contributed by atoms with Crippen molar-refractivity contribution in [3.05, 3.63) is 28.5 Å². The second kappa shape index (κ2) is 6.59. The van der Waals surface area contributed by atoms with Crippen molar-refractivity contribution in [3.8, 4) is 0 Å². The lowest BCUT2D eigenvalue weighted by Crippen LogP contribution is -2.11. The van der Waals surface area contributed by atoms with Gasteiger partial charge in [0, 0.05) is 17.4 Å². The average Bonchev–Trinajstić information content (AvgIpc) is 2.72. The summed E-state index contributed by atoms with van der Waals surface area (Å²) in [5.41, 5.74) is 7.15. The Balaban J connectivity index is 2.24. The van der Waals surface area contributed by atoms with Gasteiger partial charge >= 0.3 is 0 Å². The third-order valence-electron chi connectivity index (χ3n) is 3.15. The van der Waals surface area contributed by atoms with Crippen molar-refractivity contribution >= 4 is 44.5 Å². The third kappa shape index (κ3) is 3.52. The lowest BCUT2D eigenvalue weighted by atomic mass is 10.2. The minimum absolute atomic E-state index is 0.155. The standard InChI is InChI=1S/C14H17BrClN3O/c1-9(16)14-18-11-8-10(15)5-6-12(11)19(14)7-3-2-4-13(17)20/h5-6,8-9H,2-4,7H2,1H3,(H2,17,20). The summed E-state index contributed by atoms with van der Waals surface area (Å²) < 4.78 is 3.12. The number of amides is 1. The predicted octanol–water partition coefficient (Wildman–Crippen LogP) is 3.75. The number of imidazole rings is 1. The van der Waals surface area contributed by atoms with Gasteiger partial charge in [0.1, 0.15) is 5.82 Å². The van der Waals surface area contributed by atoms with E-state index in [1.165, 1.54) is 0 Å². The molecule has 1 aromatic heterocycles. The second-order valence-corrected chi connectivity index (χ2v) is 6.36. The summed E-state index contributed by atoms with van der Waals surface area (Å²) in [5.74, 6) is 0.606. The van der Waals surface area contributed by atoms with Crippen molar-refractivity contribution in [2.24, 2.45) is 5.73 Å². The van der Waals surface area contributed by atoms with E-state index in [0.717, 1.165) is 40.7 Å². The summed E-state index contributed by atoms with van der Waals surface area (Å²) in [6.07, 6.45) is 2.08. The molecule has 0 saturated carbocycles. The molecule has 6 heteroatoms. The number of aryl methyl sites for hydroxylation is 1. The van der Waals surface area contributed by atoms with Crippen LogP contribution in [-0.4, -0.2) is 15.5 Å². The number of nitrogens with zero attached hydrogens (tertiary/aromatic N) is 2. The minimum Gasteiger partial charge on any atom is -0.370 e. The molecule has 0 aliphatic heterocycles. The molecule has 0 saturated heterocycles. The fourth-order valence-electron chi connectivity index (χ4n) is 2.23. The molecule has 108 valence electrons. The zero-order valence-electron chi connectivity index (χ0n) is 11.3. The molecular formula is C14H17BrClN3O. The molecule has 2 rings (SSSR count). The summed E-state index contributed by atoms with van der Waals surface area (Å²) in [6.45, 7) is 2.70. The number of hydrogen-bond acceptors (Lipinski definition) is 2. The van der Waals surface area contributed by atoms with Gasteiger partial charge in [-0.1, -0.05) is 15.9 Å². The van der Waals surface area contributed by atoms with Gasteiger partial charge in [0.2, 0.25) is 5.91 Å². The molecule has 1 atom stereocenters. The van der Waals surface area contributed by atoms with Gasteiger partial charge in [-0.15, -0.1) is 11.6 Å². The number of aromatic nitrogens is 2. The fourth-order valence-corrected chi connectivity index (χ4v) is 2.74. The van der Waals surface area contributed by atoms with Crippen LogP contribution in [-0.2, 0) is 11.3 Å². The first-order valence-electron chi connectivity index (χ1n) is 6.57. The summed E-state index contributed by atoms with van der Waals surface area (Å²) in [5, 5.41) is -0.155. The van der Waals surface area contributed by atoms with Crippen molar-refractivity contribution < 1.29 is 4.79 Å². The van der Waals surface area contributed by atoms with Crippen molar-refractivity contribution in [2.45, 2.75) is 38.1 Å². The Bertz CT molecular complexity index is 624. The topological polar surface area (TPSA) is 60.9 Å². The lowest BCUT2D eigenvalue weighted by Gasteiger charge is -2.10. The molecule has 1 unspecified atom stereocenters. The van der Waals surface area contributed by atoms with Crippen LogP contribution in [0.1, 0.15) is 37.4 Å². The SMILES string of the molecule is CC(Cl)c1nc2cc(Br)ccc2n1CCCCC(N)=O. The van der Waals surface area contributed by atoms with Gasteiger partial charge in [0.25, 0.3) is 0 Å². The van der Waals surface area contributed by atoms with Crippen LogP contribution in [0.2, 0.25) is 0 Å². The minimum atomic E-state index is -0.254. The Morgan fingerprint density at radius 1 is 1.50 bits per heavy atom. The second-order valence-electron chi connectivity index (χ2n) is 4.79. The zero-order chi connectivity index (χ0) is 14.7. The van der Waals surface area contributed by atoms with Crippen LogP contribution in [0.25, 0.3) is 11.0 Å². The number of nitrogens with two attached hydrogens (primary N) is 1. The maximum atomic E-state index is 10.8. The van der Waals surface area contributed by atoms with Crippen LogP contribution >= 0.6 is 27.5 Å². The molecular weight excluding hydrogens is 342 g/mol. The van der Waals surface area contributed by atoms with Crippen LogP contribution in [0.4, 0.5) is 0 Å². The van der Waals surface area contributed by atoms with E-state index in [-0.39, 0.29) is 11.3 Å². The molecule has 1 aromatic carbocycles. The number of rotatable bonds is 6. The Kier molecular flexibility index (Phi) is 5.05. The fraction of sp³-hybridized carbons (Fsp3) is 0.429. The number of halogens is 2. The lowest BCUT2D eigenvalue weighted by molar-refractivity contribution is -0.118. The maximum Gasteiger partial charge on any atom is 0.217 e. The van der Waals surface area contributed by atoms with Crippen LogP contribution in [0.15, 0.2) is 22.7 Å². The van der Waals surface area contributed by atoms with Crippen molar-refractivity contribution in [3.63, 3.8) is 0 Å². The highest BCUT2D eigenvalue weighted by molar-refractivity contribution is 9.10. The molecule has 1 heterocycles. The Morgan fingerprint density at radius 2 is 2.25 bits per heavy atom. The summed E-state index contributed by atoms with van der Waals surface area (Å²) in [7, 11) is 0. The van der Waals surface area contributed by atoms with E-state index in [1.807, 2.05) is 25.1 Å². The molecule has 2 N–H and O–H groups in total. The van der Waals surface area contributed by atoms with E-state index in [1.54, 1.807) is 0 Å². The van der Waals surface area contributed by atoms with Crippen molar-refractivity contribution in [1.82, 2.24) is 9.55 Å². The van der Waals surface area contributed by atoms with Gasteiger partial charge in [-0.2, -0.15) is 0 Å². The molecule has 1 amide bonds. The van der Waals surface area contributed by atoms with E-state index in [9.17, 15) is 4.79 Å². The first-order valence-corrected chi connectivity index (χ1v) is 7.80. The number of unbranched alkanes of at least 4 members (excludes halogenated alkanes) is 1. The smallest absolute Gasteiger partial charge is 0.217 e. The molecule has 4 nitrogen and oxygen atoms in total. The summed E-state index contributed by atoms with van der Waals surface area (Å²) in [4.78, 5) is 15.4. The summed E-state index contributed by atoms with van der Waals surface area (Å²) >= 11 is 9.66. The first-order chi connectivity index (χ1) is 9.49. The normalized spacial score (nSPS) is 12.8. The van der Waals surface area contributed by atoms with Crippen LogP contribution in [0.5, 0.6) is 0 Å². The highest BCUT2D eigenvalue weighted by atomic mass is 79.9. The van der Waals surface area contributed by atoms with Gasteiger partial charge < -0.3 is 10.3 Å². The van der Waals surface area contributed by atoms with Crippen molar-refractivity contribution in [2.75, 3.05) is 0 Å². The van der Waals surface area contributed by atoms with E-state index < -0.39 is 0 Å². The maximum absolute atomic E-state index is 10.8. The molecule has 0 spiro atoms. The number of fused-ring (bicyclic) bond motifs is 1. The number of hydrogen-bond donors (Lipinski definition) is 1. The van der Waals surface area contributed by atoms with E-state index in [0.29, 0.717) is 6.42 Å². The predicted molar refractivity (Wildman–Crippen MR) is 84.7 cm³/mol. The highest BCUT2D eigenvalue weighted by Gasteiger charge is 2.14. The van der Waals surface area contributed by atoms with Gasteiger partial charge in [0.15, 0.2) is 0 Å². The molecule has 20 heavy (non-hydrogen) atoms. The van der Waals surface area contributed by atoms with Crippen molar-refractivity contribution in [1.29, 1.82) is 0 Å². The quantitative estimate of drug-likeness (QED) is 0.631. The van der Waals surface area contributed by atoms with Crippen LogP contribution in [0.3, 0.4) is 0 Å². The van der Waals surface area contributed by atoms with Gasteiger partial charge in [0.05, 0.1) is 16.4 Å². The number of carbonyl (C=O) groups is 1. The number of carbonyl (C=O) groups excluding carboxylic acids is 1. The zero-order valence-corrected chi connectivity index (χ0v) is 13.6. The van der Waals surface area contributed by atoms with Crippen LogP contribution in [0, 0.1) is 0 Å². The van der Waals surface area contributed by atoms with Gasteiger partial charge in [-0.3, -0.25) is 4.79 Å². The molecule has 0 radical (unpaired) electrons. The number of alkyl halides is 1. The van der Waals surface area contributed by atoms with Gasteiger partial charge in [-0.25, -0.2) is 4.98 Å². The molecule has 0 aliphatic rings. The summed E-state index contributed by atoms with van der Waals surface area (Å²) in [6, 6.07) is 6.01. The van der Waals surface area contributed by atoms with E-state index in [4.69, 9.17) is 17.3 Å². The molecule has 0 fully saturated rings. The van der Waals surface area contributed by atoms with E-state index >= 15 is 0 Å². The molecule has 0 bridgehead atoms. The highest BCUT2D eigenvalue weighted by Crippen LogP contribution is 2.27. The Hall–Kier alpha value is -1.07. The van der Waals surface area contributed by atoms with Crippen LogP contribution < -0.4 is 5.73 Å². The molecule has 2 aromatic rings. The first kappa shape index (κ1) is 15.3. The largest absolute Gasteiger partial charge is 0.370 e. The molecule has 0 aliphatic carbocycles. The Labute approximate surface area is 131 Å².